The van der Waals surface area contributed by atoms with E-state index in [9.17, 15) is 4.79 Å². The Hall–Kier alpha value is -1.92. The second-order valence-electron chi connectivity index (χ2n) is 5.73. The van der Waals surface area contributed by atoms with Crippen LogP contribution in [0.15, 0.2) is 35.7 Å². The summed E-state index contributed by atoms with van der Waals surface area (Å²) in [5, 5.41) is 8.26. The summed E-state index contributed by atoms with van der Waals surface area (Å²) in [6.07, 6.45) is 2.13. The van der Waals surface area contributed by atoms with E-state index in [1.807, 2.05) is 30.5 Å². The van der Waals surface area contributed by atoms with Crippen molar-refractivity contribution >= 4 is 22.5 Å². The summed E-state index contributed by atoms with van der Waals surface area (Å²) in [7, 11) is 0. The smallest absolute Gasteiger partial charge is 0.321 e. The molecule has 0 spiro atoms. The number of urea groups is 1. The largest absolute Gasteiger partial charge is 0.373 e. The summed E-state index contributed by atoms with van der Waals surface area (Å²) in [4.78, 5) is 16.2. The highest BCUT2D eigenvalue weighted by atomic mass is 32.1. The number of rotatable bonds is 4. The van der Waals surface area contributed by atoms with Crippen LogP contribution in [0.2, 0.25) is 0 Å². The number of amides is 2. The van der Waals surface area contributed by atoms with Gasteiger partial charge in [0.15, 0.2) is 5.13 Å². The summed E-state index contributed by atoms with van der Waals surface area (Å²) in [6.45, 7) is 3.28. The monoisotopic (exact) mass is 331 g/mol. The molecular formula is C17H21N3O2S. The molecule has 0 bridgehead atoms. The third kappa shape index (κ3) is 4.30. The van der Waals surface area contributed by atoms with Gasteiger partial charge in [0.25, 0.3) is 0 Å². The predicted molar refractivity (Wildman–Crippen MR) is 91.7 cm³/mol. The van der Waals surface area contributed by atoms with Gasteiger partial charge in [-0.25, -0.2) is 9.78 Å². The maximum Gasteiger partial charge on any atom is 0.321 e. The molecule has 0 saturated carbocycles. The van der Waals surface area contributed by atoms with Gasteiger partial charge in [0.05, 0.1) is 11.8 Å². The van der Waals surface area contributed by atoms with Crippen molar-refractivity contribution in [2.75, 3.05) is 18.5 Å². The summed E-state index contributed by atoms with van der Waals surface area (Å²) in [6, 6.07) is 10.0. The zero-order chi connectivity index (χ0) is 16.1. The molecule has 1 aromatic carbocycles. The van der Waals surface area contributed by atoms with Crippen molar-refractivity contribution in [1.29, 1.82) is 0 Å². The minimum absolute atomic E-state index is 0.0485. The van der Waals surface area contributed by atoms with Crippen LogP contribution >= 0.6 is 11.3 Å². The third-order valence-corrected chi connectivity index (χ3v) is 4.81. The molecule has 1 saturated heterocycles. The van der Waals surface area contributed by atoms with Crippen molar-refractivity contribution < 1.29 is 9.53 Å². The number of thiazole rings is 1. The predicted octanol–water partition coefficient (Wildman–Crippen LogP) is 3.74. The summed E-state index contributed by atoms with van der Waals surface area (Å²) in [5.41, 5.74) is 2.09. The molecule has 2 heterocycles. The van der Waals surface area contributed by atoms with Crippen LogP contribution < -0.4 is 10.6 Å². The highest BCUT2D eigenvalue weighted by Gasteiger charge is 2.27. The molecule has 3 rings (SSSR count). The van der Waals surface area contributed by atoms with Crippen LogP contribution in [0.4, 0.5) is 9.93 Å². The minimum atomic E-state index is -0.211. The van der Waals surface area contributed by atoms with Gasteiger partial charge in [0.2, 0.25) is 0 Å². The number of anilines is 1. The number of carbonyl (C=O) groups excluding carboxylic acids is 1. The Morgan fingerprint density at radius 1 is 1.39 bits per heavy atom. The fourth-order valence-corrected chi connectivity index (χ4v) is 3.52. The van der Waals surface area contributed by atoms with Gasteiger partial charge in [0.1, 0.15) is 0 Å². The molecule has 1 aromatic heterocycles. The zero-order valence-corrected chi connectivity index (χ0v) is 13.9. The van der Waals surface area contributed by atoms with Crippen LogP contribution in [0.25, 0.3) is 0 Å². The highest BCUT2D eigenvalue weighted by Crippen LogP contribution is 2.33. The Kier molecular flexibility index (Phi) is 5.25. The average molecular weight is 331 g/mol. The fourth-order valence-electron chi connectivity index (χ4n) is 2.84. The van der Waals surface area contributed by atoms with E-state index >= 15 is 0 Å². The fraction of sp³-hybridized carbons (Fsp3) is 0.412. The molecule has 1 aliphatic rings. The van der Waals surface area contributed by atoms with Crippen molar-refractivity contribution in [3.63, 3.8) is 0 Å². The first-order chi connectivity index (χ1) is 11.2. The van der Waals surface area contributed by atoms with Gasteiger partial charge in [-0.2, -0.15) is 0 Å². The van der Waals surface area contributed by atoms with Gasteiger partial charge in [-0.1, -0.05) is 30.3 Å². The topological polar surface area (TPSA) is 63.2 Å². The lowest BCUT2D eigenvalue weighted by atomic mass is 9.89. The molecule has 1 aliphatic heterocycles. The lowest BCUT2D eigenvalue weighted by Gasteiger charge is -2.32. The second-order valence-corrected chi connectivity index (χ2v) is 6.59. The normalized spacial score (nSPS) is 20.9. The molecule has 0 aliphatic carbocycles. The molecule has 2 N–H and O–H groups in total. The van der Waals surface area contributed by atoms with Gasteiger partial charge in [-0.05, 0) is 25.3 Å². The van der Waals surface area contributed by atoms with Crippen LogP contribution in [0.1, 0.15) is 30.2 Å². The SMILES string of the molecule is Cc1csc(NC(=O)NC[C@@H]2CCCO[C@@H]2c2ccccc2)n1. The molecule has 23 heavy (non-hydrogen) atoms. The number of aromatic nitrogens is 1. The van der Waals surface area contributed by atoms with Crippen molar-refractivity contribution in [3.05, 3.63) is 47.0 Å². The van der Waals surface area contributed by atoms with E-state index in [1.54, 1.807) is 0 Å². The Labute approximate surface area is 140 Å². The number of carbonyl (C=O) groups is 1. The van der Waals surface area contributed by atoms with Crippen molar-refractivity contribution in [2.45, 2.75) is 25.9 Å². The van der Waals surface area contributed by atoms with Crippen LogP contribution in [0.5, 0.6) is 0 Å². The standard InChI is InChI=1S/C17H21N3O2S/c1-12-11-23-17(19-12)20-16(21)18-10-14-8-5-9-22-15(14)13-6-3-2-4-7-13/h2-4,6-7,11,14-15H,5,8-10H2,1H3,(H2,18,19,20,21)/t14-,15+/m0/s1. The Bertz CT molecular complexity index is 644. The Morgan fingerprint density at radius 2 is 2.22 bits per heavy atom. The quantitative estimate of drug-likeness (QED) is 0.897. The molecule has 0 radical (unpaired) electrons. The van der Waals surface area contributed by atoms with E-state index in [0.29, 0.717) is 11.7 Å². The number of aryl methyl sites for hydroxylation is 1. The number of ether oxygens (including phenoxy) is 1. The van der Waals surface area contributed by atoms with Crippen LogP contribution in [0.3, 0.4) is 0 Å². The van der Waals surface area contributed by atoms with E-state index in [0.717, 1.165) is 25.1 Å². The lowest BCUT2D eigenvalue weighted by Crippen LogP contribution is -2.37. The van der Waals surface area contributed by atoms with Gasteiger partial charge < -0.3 is 10.1 Å². The van der Waals surface area contributed by atoms with Crippen molar-refractivity contribution in [3.8, 4) is 0 Å². The minimum Gasteiger partial charge on any atom is -0.373 e. The summed E-state index contributed by atoms with van der Waals surface area (Å²) in [5.74, 6) is 0.287. The molecule has 0 unspecified atom stereocenters. The number of benzene rings is 1. The van der Waals surface area contributed by atoms with Crippen LogP contribution in [-0.2, 0) is 4.74 Å². The van der Waals surface area contributed by atoms with Gasteiger partial charge in [-0.15, -0.1) is 11.3 Å². The summed E-state index contributed by atoms with van der Waals surface area (Å²) < 4.78 is 5.95. The number of hydrogen-bond acceptors (Lipinski definition) is 4. The molecule has 6 heteroatoms. The first-order valence-electron chi connectivity index (χ1n) is 7.86. The molecule has 2 aromatic rings. The van der Waals surface area contributed by atoms with Crippen LogP contribution in [-0.4, -0.2) is 24.2 Å². The Balaban J connectivity index is 1.56. The molecular weight excluding hydrogens is 310 g/mol. The third-order valence-electron chi connectivity index (χ3n) is 3.94. The highest BCUT2D eigenvalue weighted by molar-refractivity contribution is 7.13. The zero-order valence-electron chi connectivity index (χ0n) is 13.1. The number of hydrogen-bond donors (Lipinski definition) is 2. The van der Waals surface area contributed by atoms with E-state index in [2.05, 4.69) is 27.8 Å². The van der Waals surface area contributed by atoms with Gasteiger partial charge in [0, 0.05) is 24.4 Å². The van der Waals surface area contributed by atoms with Crippen LogP contribution in [0, 0.1) is 12.8 Å². The van der Waals surface area contributed by atoms with E-state index in [-0.39, 0.29) is 18.1 Å². The molecule has 1 fully saturated rings. The molecule has 2 atom stereocenters. The second kappa shape index (κ2) is 7.57. The van der Waals surface area contributed by atoms with Gasteiger partial charge in [-0.3, -0.25) is 5.32 Å². The average Bonchev–Trinajstić information content (AvgIpc) is 2.99. The van der Waals surface area contributed by atoms with E-state index in [4.69, 9.17) is 4.74 Å². The lowest BCUT2D eigenvalue weighted by molar-refractivity contribution is -0.0268. The first kappa shape index (κ1) is 16.0. The maximum absolute atomic E-state index is 12.0. The molecule has 5 nitrogen and oxygen atoms in total. The van der Waals surface area contributed by atoms with E-state index < -0.39 is 0 Å². The molecule has 2 amide bonds. The molecule has 122 valence electrons. The number of nitrogens with zero attached hydrogens (tertiary/aromatic N) is 1. The summed E-state index contributed by atoms with van der Waals surface area (Å²) >= 11 is 1.43. The van der Waals surface area contributed by atoms with Crippen molar-refractivity contribution in [2.24, 2.45) is 5.92 Å². The van der Waals surface area contributed by atoms with E-state index in [1.165, 1.54) is 16.9 Å². The number of nitrogens with one attached hydrogen (secondary N) is 2. The maximum atomic E-state index is 12.0. The van der Waals surface area contributed by atoms with Crippen molar-refractivity contribution in [1.82, 2.24) is 10.3 Å². The Morgan fingerprint density at radius 3 is 2.96 bits per heavy atom. The van der Waals surface area contributed by atoms with Gasteiger partial charge >= 0.3 is 6.03 Å². The first-order valence-corrected chi connectivity index (χ1v) is 8.74.